The first-order chi connectivity index (χ1) is 12.3. The van der Waals surface area contributed by atoms with E-state index in [2.05, 4.69) is 44.8 Å². The van der Waals surface area contributed by atoms with Gasteiger partial charge in [-0.25, -0.2) is 9.97 Å². The first-order valence-electron chi connectivity index (χ1n) is 8.87. The fourth-order valence-electron chi connectivity index (χ4n) is 3.56. The van der Waals surface area contributed by atoms with Crippen molar-refractivity contribution in [1.82, 2.24) is 20.0 Å². The number of aryl methyl sites for hydroxylation is 1. The molecule has 1 aliphatic rings. The summed E-state index contributed by atoms with van der Waals surface area (Å²) in [7, 11) is 0. The number of nitrogens with zero attached hydrogens (tertiary/aromatic N) is 5. The van der Waals surface area contributed by atoms with Crippen LogP contribution in [0.5, 0.6) is 0 Å². The summed E-state index contributed by atoms with van der Waals surface area (Å²) in [5.41, 5.74) is 4.24. The third-order valence-corrected chi connectivity index (χ3v) is 4.99. The Labute approximate surface area is 147 Å². The molecule has 1 aliphatic heterocycles. The second kappa shape index (κ2) is 6.80. The molecule has 0 radical (unpaired) electrons. The van der Waals surface area contributed by atoms with Crippen LogP contribution in [-0.4, -0.2) is 46.2 Å². The van der Waals surface area contributed by atoms with Gasteiger partial charge in [-0.2, -0.15) is 0 Å². The van der Waals surface area contributed by atoms with Crippen LogP contribution >= 0.6 is 0 Å². The Balaban J connectivity index is 1.44. The van der Waals surface area contributed by atoms with Gasteiger partial charge in [0.15, 0.2) is 5.58 Å². The van der Waals surface area contributed by atoms with E-state index in [4.69, 9.17) is 4.52 Å². The van der Waals surface area contributed by atoms with E-state index in [0.29, 0.717) is 0 Å². The van der Waals surface area contributed by atoms with Gasteiger partial charge < -0.3 is 9.42 Å². The Bertz CT molecular complexity index is 867. The number of piperazine rings is 1. The first kappa shape index (κ1) is 16.0. The van der Waals surface area contributed by atoms with Crippen LogP contribution in [-0.2, 0) is 13.0 Å². The van der Waals surface area contributed by atoms with Crippen LogP contribution in [0.1, 0.15) is 23.9 Å². The minimum atomic E-state index is 0.828. The number of fused-ring (bicyclic) bond motifs is 1. The maximum Gasteiger partial charge on any atom is 0.167 e. The summed E-state index contributed by atoms with van der Waals surface area (Å²) in [6, 6.07) is 8.05. The van der Waals surface area contributed by atoms with Gasteiger partial charge in [-0.3, -0.25) is 4.90 Å². The minimum absolute atomic E-state index is 0.828. The highest BCUT2D eigenvalue weighted by molar-refractivity contribution is 5.79. The number of benzene rings is 1. The molecule has 6 heteroatoms. The van der Waals surface area contributed by atoms with Gasteiger partial charge >= 0.3 is 0 Å². The zero-order valence-electron chi connectivity index (χ0n) is 14.8. The lowest BCUT2D eigenvalue weighted by Crippen LogP contribution is -2.46. The molecule has 0 amide bonds. The number of para-hydroxylation sites is 1. The fourth-order valence-corrected chi connectivity index (χ4v) is 3.56. The average molecular weight is 337 g/mol. The zero-order valence-corrected chi connectivity index (χ0v) is 14.8. The lowest BCUT2D eigenvalue weighted by Gasteiger charge is -2.36. The summed E-state index contributed by atoms with van der Waals surface area (Å²) in [5, 5.41) is 5.37. The fraction of sp³-hybridized carbons (Fsp3) is 0.421. The molecule has 0 bridgehead atoms. The van der Waals surface area contributed by atoms with E-state index < -0.39 is 0 Å². The molecule has 0 saturated carbocycles. The second-order valence-corrected chi connectivity index (χ2v) is 6.50. The van der Waals surface area contributed by atoms with E-state index >= 15 is 0 Å². The average Bonchev–Trinajstić information content (AvgIpc) is 3.05. The van der Waals surface area contributed by atoms with Crippen molar-refractivity contribution in [2.45, 2.75) is 26.8 Å². The van der Waals surface area contributed by atoms with Gasteiger partial charge in [-0.15, -0.1) is 0 Å². The van der Waals surface area contributed by atoms with Crippen LogP contribution in [0.3, 0.4) is 0 Å². The molecule has 0 N–H and O–H groups in total. The number of hydrogen-bond acceptors (Lipinski definition) is 6. The predicted octanol–water partition coefficient (Wildman–Crippen LogP) is 2.81. The minimum Gasteiger partial charge on any atom is -0.356 e. The third-order valence-electron chi connectivity index (χ3n) is 4.99. The summed E-state index contributed by atoms with van der Waals surface area (Å²) < 4.78 is 5.42. The summed E-state index contributed by atoms with van der Waals surface area (Å²) >= 11 is 0. The van der Waals surface area contributed by atoms with Crippen LogP contribution in [0.4, 0.5) is 5.82 Å². The topological polar surface area (TPSA) is 58.3 Å². The van der Waals surface area contributed by atoms with Gasteiger partial charge in [0.25, 0.3) is 0 Å². The van der Waals surface area contributed by atoms with Gasteiger partial charge in [0.2, 0.25) is 0 Å². The van der Waals surface area contributed by atoms with Crippen LogP contribution in [0.2, 0.25) is 0 Å². The van der Waals surface area contributed by atoms with Crippen molar-refractivity contribution in [3.05, 3.63) is 47.5 Å². The largest absolute Gasteiger partial charge is 0.356 e. The first-order valence-corrected chi connectivity index (χ1v) is 8.87. The number of rotatable bonds is 4. The number of anilines is 1. The van der Waals surface area contributed by atoms with E-state index in [9.17, 15) is 0 Å². The maximum atomic E-state index is 5.42. The van der Waals surface area contributed by atoms with E-state index in [1.54, 1.807) is 6.33 Å². The molecule has 1 saturated heterocycles. The Hall–Kier alpha value is -2.47. The lowest BCUT2D eigenvalue weighted by molar-refractivity contribution is 0.242. The Morgan fingerprint density at radius 3 is 2.68 bits per heavy atom. The van der Waals surface area contributed by atoms with Crippen molar-refractivity contribution in [2.75, 3.05) is 31.1 Å². The molecule has 1 aromatic carbocycles. The highest BCUT2D eigenvalue weighted by Gasteiger charge is 2.22. The lowest BCUT2D eigenvalue weighted by atomic mass is 10.1. The number of aromatic nitrogens is 3. The highest BCUT2D eigenvalue weighted by atomic mass is 16.5. The standard InChI is InChI=1S/C19H23N5O/c1-3-15-14(2)20-13-21-19(15)24-10-8-23(9-11-24)12-17-16-6-4-5-7-18(16)25-22-17/h4-7,13H,3,8-12H2,1-2H3. The molecule has 1 fully saturated rings. The maximum absolute atomic E-state index is 5.42. The summed E-state index contributed by atoms with van der Waals surface area (Å²) in [4.78, 5) is 13.7. The van der Waals surface area contributed by atoms with Crippen molar-refractivity contribution in [2.24, 2.45) is 0 Å². The molecule has 0 aliphatic carbocycles. The Kier molecular flexibility index (Phi) is 4.36. The molecule has 3 aromatic rings. The zero-order chi connectivity index (χ0) is 17.2. The van der Waals surface area contributed by atoms with Gasteiger partial charge in [-0.1, -0.05) is 24.2 Å². The molecule has 4 rings (SSSR count). The Morgan fingerprint density at radius 2 is 1.88 bits per heavy atom. The highest BCUT2D eigenvalue weighted by Crippen LogP contribution is 2.23. The van der Waals surface area contributed by atoms with Crippen molar-refractivity contribution < 1.29 is 4.52 Å². The molecule has 0 atom stereocenters. The molecule has 3 heterocycles. The monoisotopic (exact) mass is 337 g/mol. The number of hydrogen-bond donors (Lipinski definition) is 0. The van der Waals surface area contributed by atoms with Crippen molar-refractivity contribution in [1.29, 1.82) is 0 Å². The van der Waals surface area contributed by atoms with E-state index in [-0.39, 0.29) is 0 Å². The summed E-state index contributed by atoms with van der Waals surface area (Å²) in [6.45, 7) is 8.99. The molecule has 0 spiro atoms. The summed E-state index contributed by atoms with van der Waals surface area (Å²) in [6.07, 6.45) is 2.64. The van der Waals surface area contributed by atoms with E-state index in [1.165, 1.54) is 5.56 Å². The van der Waals surface area contributed by atoms with Crippen molar-refractivity contribution in [3.8, 4) is 0 Å². The SMILES string of the molecule is CCc1c(C)ncnc1N1CCN(Cc2noc3ccccc23)CC1. The molecule has 6 nitrogen and oxygen atoms in total. The molecular formula is C19H23N5O. The van der Waals surface area contributed by atoms with Crippen molar-refractivity contribution in [3.63, 3.8) is 0 Å². The quantitative estimate of drug-likeness (QED) is 0.730. The molecule has 130 valence electrons. The third kappa shape index (κ3) is 3.09. The second-order valence-electron chi connectivity index (χ2n) is 6.50. The smallest absolute Gasteiger partial charge is 0.167 e. The van der Waals surface area contributed by atoms with Gasteiger partial charge in [0.1, 0.15) is 17.8 Å². The van der Waals surface area contributed by atoms with Crippen molar-refractivity contribution >= 4 is 16.8 Å². The Morgan fingerprint density at radius 1 is 1.08 bits per heavy atom. The molecule has 25 heavy (non-hydrogen) atoms. The van der Waals surface area contributed by atoms with Gasteiger partial charge in [0, 0.05) is 49.4 Å². The normalized spacial score (nSPS) is 15.8. The molecule has 0 unspecified atom stereocenters. The molecule has 2 aromatic heterocycles. The summed E-state index contributed by atoms with van der Waals surface area (Å²) in [5.74, 6) is 1.10. The van der Waals surface area contributed by atoms with Crippen LogP contribution < -0.4 is 4.90 Å². The predicted molar refractivity (Wildman–Crippen MR) is 97.6 cm³/mol. The molecular weight excluding hydrogens is 314 g/mol. The van der Waals surface area contributed by atoms with Crippen LogP contribution in [0.15, 0.2) is 35.1 Å². The van der Waals surface area contributed by atoms with Crippen LogP contribution in [0.25, 0.3) is 11.0 Å². The van der Waals surface area contributed by atoms with Gasteiger partial charge in [-0.05, 0) is 25.5 Å². The van der Waals surface area contributed by atoms with Gasteiger partial charge in [0.05, 0.1) is 0 Å². The van der Waals surface area contributed by atoms with E-state index in [1.807, 2.05) is 18.2 Å². The van der Waals surface area contributed by atoms with E-state index in [0.717, 1.165) is 67.3 Å². The van der Waals surface area contributed by atoms with Crippen LogP contribution in [0, 0.1) is 6.92 Å².